The first-order chi connectivity index (χ1) is 9.13. The van der Waals surface area contributed by atoms with Crippen LogP contribution in [0, 0.1) is 6.92 Å². The molecule has 0 aliphatic rings. The number of carbonyl (C=O) groups is 1. The van der Waals surface area contributed by atoms with E-state index < -0.39 is 0 Å². The molecule has 7 heteroatoms. The van der Waals surface area contributed by atoms with Gasteiger partial charge in [0, 0.05) is 7.05 Å². The number of hydrogen-bond donors (Lipinski definition) is 1. The standard InChI is InChI=1S/C12H15N5OS/c1-8-6-4-5-7-10(8)17-12(14-15-16-17)19-9(2)11(18)13-3/h4-7,9H,1-3H3,(H,13,18)/t9-/m1/s1. The number of benzene rings is 1. The highest BCUT2D eigenvalue weighted by Gasteiger charge is 2.18. The van der Waals surface area contributed by atoms with Crippen LogP contribution in [0.3, 0.4) is 0 Å². The van der Waals surface area contributed by atoms with E-state index in [0.717, 1.165) is 11.3 Å². The Kier molecular flexibility index (Phi) is 4.16. The Hall–Kier alpha value is -1.89. The van der Waals surface area contributed by atoms with Gasteiger partial charge in [-0.1, -0.05) is 30.0 Å². The summed E-state index contributed by atoms with van der Waals surface area (Å²) >= 11 is 1.33. The smallest absolute Gasteiger partial charge is 0.233 e. The molecule has 100 valence electrons. The third kappa shape index (κ3) is 2.93. The topological polar surface area (TPSA) is 72.7 Å². The lowest BCUT2D eigenvalue weighted by Gasteiger charge is -2.10. The maximum absolute atomic E-state index is 11.5. The van der Waals surface area contributed by atoms with Gasteiger partial charge in [0.25, 0.3) is 0 Å². The number of aryl methyl sites for hydroxylation is 1. The number of rotatable bonds is 4. The second-order valence-electron chi connectivity index (χ2n) is 4.03. The first-order valence-electron chi connectivity index (χ1n) is 5.86. The van der Waals surface area contributed by atoms with Gasteiger partial charge in [-0.3, -0.25) is 4.79 Å². The van der Waals surface area contributed by atoms with Crippen LogP contribution in [0.1, 0.15) is 12.5 Å². The molecule has 1 amide bonds. The van der Waals surface area contributed by atoms with E-state index in [2.05, 4.69) is 20.8 Å². The maximum atomic E-state index is 11.5. The molecule has 1 aromatic carbocycles. The molecule has 0 spiro atoms. The largest absolute Gasteiger partial charge is 0.358 e. The van der Waals surface area contributed by atoms with Crippen molar-refractivity contribution in [3.63, 3.8) is 0 Å². The number of para-hydroxylation sites is 1. The molecular formula is C12H15N5OS. The van der Waals surface area contributed by atoms with Gasteiger partial charge in [-0.05, 0) is 35.9 Å². The normalized spacial score (nSPS) is 12.2. The fourth-order valence-electron chi connectivity index (χ4n) is 1.62. The van der Waals surface area contributed by atoms with Crippen molar-refractivity contribution in [2.24, 2.45) is 0 Å². The van der Waals surface area contributed by atoms with Crippen LogP contribution in [0.25, 0.3) is 5.69 Å². The molecular weight excluding hydrogens is 262 g/mol. The maximum Gasteiger partial charge on any atom is 0.233 e. The zero-order chi connectivity index (χ0) is 13.8. The molecule has 1 N–H and O–H groups in total. The molecule has 0 aliphatic carbocycles. The molecule has 19 heavy (non-hydrogen) atoms. The van der Waals surface area contributed by atoms with Crippen molar-refractivity contribution in [1.82, 2.24) is 25.5 Å². The number of carbonyl (C=O) groups excluding carboxylic acids is 1. The Morgan fingerprint density at radius 1 is 1.42 bits per heavy atom. The summed E-state index contributed by atoms with van der Waals surface area (Å²) in [6.07, 6.45) is 0. The Balaban J connectivity index is 2.28. The average Bonchev–Trinajstić information content (AvgIpc) is 2.86. The number of thioether (sulfide) groups is 1. The van der Waals surface area contributed by atoms with Crippen LogP contribution in [-0.2, 0) is 4.79 Å². The number of aromatic nitrogens is 4. The average molecular weight is 277 g/mol. The molecule has 0 saturated carbocycles. The number of nitrogens with one attached hydrogen (secondary N) is 1. The van der Waals surface area contributed by atoms with Crippen molar-refractivity contribution in [2.45, 2.75) is 24.3 Å². The van der Waals surface area contributed by atoms with Gasteiger partial charge in [-0.2, -0.15) is 4.68 Å². The monoisotopic (exact) mass is 277 g/mol. The van der Waals surface area contributed by atoms with Gasteiger partial charge in [0.05, 0.1) is 10.9 Å². The van der Waals surface area contributed by atoms with Gasteiger partial charge in [-0.15, -0.1) is 5.10 Å². The van der Waals surface area contributed by atoms with Gasteiger partial charge in [0.1, 0.15) is 0 Å². The van der Waals surface area contributed by atoms with Crippen molar-refractivity contribution in [3.8, 4) is 5.69 Å². The van der Waals surface area contributed by atoms with E-state index in [-0.39, 0.29) is 11.2 Å². The van der Waals surface area contributed by atoms with E-state index in [1.807, 2.05) is 38.1 Å². The lowest BCUT2D eigenvalue weighted by Crippen LogP contribution is -2.27. The molecule has 0 aliphatic heterocycles. The molecule has 6 nitrogen and oxygen atoms in total. The molecule has 0 saturated heterocycles. The van der Waals surface area contributed by atoms with E-state index in [4.69, 9.17) is 0 Å². The van der Waals surface area contributed by atoms with Crippen molar-refractivity contribution in [1.29, 1.82) is 0 Å². The quantitative estimate of drug-likeness (QED) is 0.850. The molecule has 0 bridgehead atoms. The van der Waals surface area contributed by atoms with Crippen molar-refractivity contribution in [2.75, 3.05) is 7.05 Å². The second kappa shape index (κ2) is 5.83. The fraction of sp³-hybridized carbons (Fsp3) is 0.333. The first kappa shape index (κ1) is 13.5. The SMILES string of the molecule is CNC(=O)[C@@H](C)Sc1nnnn1-c1ccccc1C. The number of hydrogen-bond acceptors (Lipinski definition) is 5. The molecule has 1 heterocycles. The zero-order valence-electron chi connectivity index (χ0n) is 11.0. The molecule has 1 atom stereocenters. The first-order valence-corrected chi connectivity index (χ1v) is 6.74. The molecule has 2 aromatic rings. The summed E-state index contributed by atoms with van der Waals surface area (Å²) in [6.45, 7) is 3.81. The van der Waals surface area contributed by atoms with E-state index in [1.165, 1.54) is 11.8 Å². The van der Waals surface area contributed by atoms with Gasteiger partial charge < -0.3 is 5.32 Å². The predicted octanol–water partition coefficient (Wildman–Crippen LogP) is 1.20. The minimum atomic E-state index is -0.251. The highest BCUT2D eigenvalue weighted by atomic mass is 32.2. The summed E-state index contributed by atoms with van der Waals surface area (Å²) in [5.41, 5.74) is 1.99. The van der Waals surface area contributed by atoms with Crippen LogP contribution in [0.5, 0.6) is 0 Å². The Morgan fingerprint density at radius 3 is 2.84 bits per heavy atom. The van der Waals surface area contributed by atoms with Crippen LogP contribution in [-0.4, -0.2) is 38.4 Å². The van der Waals surface area contributed by atoms with Gasteiger partial charge in [-0.25, -0.2) is 0 Å². The molecule has 1 aromatic heterocycles. The van der Waals surface area contributed by atoms with Gasteiger partial charge >= 0.3 is 0 Å². The van der Waals surface area contributed by atoms with E-state index >= 15 is 0 Å². The predicted molar refractivity (Wildman–Crippen MR) is 73.3 cm³/mol. The summed E-state index contributed by atoms with van der Waals surface area (Å²) in [6, 6.07) is 7.83. The van der Waals surface area contributed by atoms with E-state index in [0.29, 0.717) is 5.16 Å². The summed E-state index contributed by atoms with van der Waals surface area (Å²) in [5.74, 6) is -0.0515. The Labute approximate surface area is 115 Å². The van der Waals surface area contributed by atoms with E-state index in [1.54, 1.807) is 11.7 Å². The number of nitrogens with zero attached hydrogens (tertiary/aromatic N) is 4. The highest BCUT2D eigenvalue weighted by molar-refractivity contribution is 8.00. The molecule has 0 radical (unpaired) electrons. The number of amides is 1. The van der Waals surface area contributed by atoms with E-state index in [9.17, 15) is 4.79 Å². The van der Waals surface area contributed by atoms with Crippen LogP contribution < -0.4 is 5.32 Å². The van der Waals surface area contributed by atoms with Gasteiger partial charge in [0.15, 0.2) is 0 Å². The lowest BCUT2D eigenvalue weighted by atomic mass is 10.2. The van der Waals surface area contributed by atoms with Crippen molar-refractivity contribution >= 4 is 17.7 Å². The summed E-state index contributed by atoms with van der Waals surface area (Å²) in [4.78, 5) is 11.5. The third-order valence-corrected chi connectivity index (χ3v) is 3.72. The third-order valence-electron chi connectivity index (χ3n) is 2.68. The van der Waals surface area contributed by atoms with Crippen LogP contribution in [0.2, 0.25) is 0 Å². The molecule has 0 fully saturated rings. The van der Waals surface area contributed by atoms with Crippen molar-refractivity contribution in [3.05, 3.63) is 29.8 Å². The Morgan fingerprint density at radius 2 is 2.16 bits per heavy atom. The van der Waals surface area contributed by atoms with Crippen LogP contribution >= 0.6 is 11.8 Å². The fourth-order valence-corrected chi connectivity index (χ4v) is 2.48. The van der Waals surface area contributed by atoms with Crippen LogP contribution in [0.4, 0.5) is 0 Å². The van der Waals surface area contributed by atoms with Crippen molar-refractivity contribution < 1.29 is 4.79 Å². The summed E-state index contributed by atoms with van der Waals surface area (Å²) in [7, 11) is 1.61. The van der Waals surface area contributed by atoms with Gasteiger partial charge in [0.2, 0.25) is 11.1 Å². The number of tetrazole rings is 1. The lowest BCUT2D eigenvalue weighted by molar-refractivity contribution is -0.119. The molecule has 2 rings (SSSR count). The zero-order valence-corrected chi connectivity index (χ0v) is 11.8. The second-order valence-corrected chi connectivity index (χ2v) is 5.34. The minimum absolute atomic E-state index is 0.0515. The summed E-state index contributed by atoms with van der Waals surface area (Å²) in [5, 5.41) is 14.6. The minimum Gasteiger partial charge on any atom is -0.358 e. The summed E-state index contributed by atoms with van der Waals surface area (Å²) < 4.78 is 1.65. The highest BCUT2D eigenvalue weighted by Crippen LogP contribution is 2.23. The molecule has 0 unspecified atom stereocenters. The Bertz CT molecular complexity index is 583. The van der Waals surface area contributed by atoms with Crippen LogP contribution in [0.15, 0.2) is 29.4 Å².